The van der Waals surface area contributed by atoms with Gasteiger partial charge in [-0.25, -0.2) is 8.78 Å². The fourth-order valence-corrected chi connectivity index (χ4v) is 2.72. The number of amides is 1. The molecule has 2 N–H and O–H groups in total. The van der Waals surface area contributed by atoms with Gasteiger partial charge in [0.1, 0.15) is 11.6 Å². The monoisotopic (exact) mass is 346 g/mol. The maximum absolute atomic E-state index is 13.2. The van der Waals surface area contributed by atoms with Crippen molar-refractivity contribution in [2.24, 2.45) is 0 Å². The van der Waals surface area contributed by atoms with Crippen LogP contribution < -0.4 is 10.6 Å². The molecule has 0 unspecified atom stereocenters. The number of hydrogen-bond acceptors (Lipinski definition) is 2. The molecule has 2 aromatic carbocycles. The molecule has 0 aromatic heterocycles. The van der Waals surface area contributed by atoms with E-state index in [0.717, 1.165) is 24.0 Å². The summed E-state index contributed by atoms with van der Waals surface area (Å²) >= 11 is 0. The third kappa shape index (κ3) is 5.64. The molecule has 0 aliphatic carbocycles. The van der Waals surface area contributed by atoms with Crippen molar-refractivity contribution in [3.63, 3.8) is 0 Å². The molecule has 2 aromatic rings. The van der Waals surface area contributed by atoms with Gasteiger partial charge in [0.2, 0.25) is 5.91 Å². The molecule has 0 spiro atoms. The van der Waals surface area contributed by atoms with Gasteiger partial charge in [-0.2, -0.15) is 0 Å². The van der Waals surface area contributed by atoms with Crippen molar-refractivity contribution in [2.75, 3.05) is 13.6 Å². The molecule has 134 valence electrons. The Hall–Kier alpha value is -2.27. The SMILES string of the molecule is CN[C@@H](C)C(=O)NCCCC(c1ccc(F)cc1)c1ccc(F)cc1. The summed E-state index contributed by atoms with van der Waals surface area (Å²) in [6, 6.07) is 12.5. The molecule has 0 saturated carbocycles. The molecule has 0 bridgehead atoms. The molecule has 2 rings (SSSR count). The Morgan fingerprint density at radius 2 is 1.44 bits per heavy atom. The van der Waals surface area contributed by atoms with Crippen molar-refractivity contribution < 1.29 is 13.6 Å². The van der Waals surface area contributed by atoms with Crippen LogP contribution in [0.5, 0.6) is 0 Å². The fraction of sp³-hybridized carbons (Fsp3) is 0.350. The van der Waals surface area contributed by atoms with E-state index in [1.165, 1.54) is 24.3 Å². The van der Waals surface area contributed by atoms with Crippen LogP contribution >= 0.6 is 0 Å². The molecule has 1 atom stereocenters. The van der Waals surface area contributed by atoms with Gasteiger partial charge >= 0.3 is 0 Å². The third-order valence-corrected chi connectivity index (χ3v) is 4.34. The van der Waals surface area contributed by atoms with Crippen LogP contribution in [-0.4, -0.2) is 25.5 Å². The Morgan fingerprint density at radius 3 is 1.88 bits per heavy atom. The van der Waals surface area contributed by atoms with Crippen molar-refractivity contribution >= 4 is 5.91 Å². The van der Waals surface area contributed by atoms with Gasteiger partial charge in [-0.3, -0.25) is 4.79 Å². The lowest BCUT2D eigenvalue weighted by Crippen LogP contribution is -2.40. The second-order valence-corrected chi connectivity index (χ2v) is 6.10. The van der Waals surface area contributed by atoms with Crippen LogP contribution in [0, 0.1) is 11.6 Å². The lowest BCUT2D eigenvalue weighted by atomic mass is 9.87. The molecule has 0 heterocycles. The topological polar surface area (TPSA) is 41.1 Å². The summed E-state index contributed by atoms with van der Waals surface area (Å²) in [7, 11) is 1.74. The number of benzene rings is 2. The van der Waals surface area contributed by atoms with Gasteiger partial charge in [-0.05, 0) is 62.2 Å². The highest BCUT2D eigenvalue weighted by Gasteiger charge is 2.15. The van der Waals surface area contributed by atoms with E-state index < -0.39 is 0 Å². The first-order chi connectivity index (χ1) is 12.0. The van der Waals surface area contributed by atoms with Gasteiger partial charge in [-0.15, -0.1) is 0 Å². The van der Waals surface area contributed by atoms with Crippen molar-refractivity contribution in [2.45, 2.75) is 31.7 Å². The van der Waals surface area contributed by atoms with E-state index in [1.807, 2.05) is 0 Å². The molecule has 3 nitrogen and oxygen atoms in total. The average Bonchev–Trinajstić information content (AvgIpc) is 2.63. The first-order valence-electron chi connectivity index (χ1n) is 8.47. The van der Waals surface area contributed by atoms with Crippen LogP contribution in [0.2, 0.25) is 0 Å². The summed E-state index contributed by atoms with van der Waals surface area (Å²) in [6.07, 6.45) is 1.53. The zero-order valence-corrected chi connectivity index (χ0v) is 14.6. The third-order valence-electron chi connectivity index (χ3n) is 4.34. The summed E-state index contributed by atoms with van der Waals surface area (Å²) in [5, 5.41) is 5.78. The van der Waals surface area contributed by atoms with Gasteiger partial charge in [0.25, 0.3) is 0 Å². The largest absolute Gasteiger partial charge is 0.355 e. The molecule has 0 aliphatic rings. The Morgan fingerprint density at radius 1 is 0.960 bits per heavy atom. The molecule has 25 heavy (non-hydrogen) atoms. The molecule has 0 saturated heterocycles. The first-order valence-corrected chi connectivity index (χ1v) is 8.47. The van der Waals surface area contributed by atoms with E-state index in [1.54, 1.807) is 38.2 Å². The predicted molar refractivity (Wildman–Crippen MR) is 95.4 cm³/mol. The van der Waals surface area contributed by atoms with Crippen LogP contribution in [0.4, 0.5) is 8.78 Å². The van der Waals surface area contributed by atoms with Crippen LogP contribution in [-0.2, 0) is 4.79 Å². The van der Waals surface area contributed by atoms with E-state index in [-0.39, 0.29) is 29.5 Å². The van der Waals surface area contributed by atoms with E-state index in [9.17, 15) is 13.6 Å². The first kappa shape index (κ1) is 19.1. The van der Waals surface area contributed by atoms with Crippen LogP contribution in [0.15, 0.2) is 48.5 Å². The van der Waals surface area contributed by atoms with Crippen molar-refractivity contribution in [3.8, 4) is 0 Å². The van der Waals surface area contributed by atoms with Gasteiger partial charge in [-0.1, -0.05) is 24.3 Å². The second kappa shape index (κ2) is 9.28. The van der Waals surface area contributed by atoms with Crippen molar-refractivity contribution in [1.82, 2.24) is 10.6 Å². The lowest BCUT2D eigenvalue weighted by Gasteiger charge is -2.19. The Kier molecular flexibility index (Phi) is 7.07. The Labute approximate surface area is 147 Å². The van der Waals surface area contributed by atoms with E-state index in [4.69, 9.17) is 0 Å². The smallest absolute Gasteiger partial charge is 0.236 e. The highest BCUT2D eigenvalue weighted by Crippen LogP contribution is 2.29. The Balaban J connectivity index is 2.04. The average molecular weight is 346 g/mol. The van der Waals surface area contributed by atoms with E-state index in [2.05, 4.69) is 10.6 Å². The van der Waals surface area contributed by atoms with Crippen LogP contribution in [0.1, 0.15) is 36.8 Å². The minimum atomic E-state index is -0.282. The standard InChI is InChI=1S/C20H24F2N2O/c1-14(23-2)20(25)24-13-3-4-19(15-5-9-17(21)10-6-15)16-7-11-18(22)12-8-16/h5-12,14,19,23H,3-4,13H2,1-2H3,(H,24,25)/t14-/m0/s1. The summed E-state index contributed by atoms with van der Waals surface area (Å²) in [5.74, 6) is -0.577. The van der Waals surface area contributed by atoms with E-state index >= 15 is 0 Å². The zero-order valence-electron chi connectivity index (χ0n) is 14.6. The van der Waals surface area contributed by atoms with Crippen molar-refractivity contribution in [3.05, 3.63) is 71.3 Å². The van der Waals surface area contributed by atoms with E-state index in [0.29, 0.717) is 6.54 Å². The molecule has 0 radical (unpaired) electrons. The van der Waals surface area contributed by atoms with Gasteiger partial charge < -0.3 is 10.6 Å². The maximum Gasteiger partial charge on any atom is 0.236 e. The van der Waals surface area contributed by atoms with Crippen LogP contribution in [0.25, 0.3) is 0 Å². The van der Waals surface area contributed by atoms with Crippen LogP contribution in [0.3, 0.4) is 0 Å². The maximum atomic E-state index is 13.2. The summed E-state index contributed by atoms with van der Waals surface area (Å²) < 4.78 is 26.4. The summed E-state index contributed by atoms with van der Waals surface area (Å²) in [5.41, 5.74) is 1.95. The highest BCUT2D eigenvalue weighted by molar-refractivity contribution is 5.81. The number of carbonyl (C=O) groups excluding carboxylic acids is 1. The molecule has 0 aliphatic heterocycles. The molecule has 5 heteroatoms. The number of nitrogens with one attached hydrogen (secondary N) is 2. The summed E-state index contributed by atoms with van der Waals surface area (Å²) in [4.78, 5) is 11.8. The van der Waals surface area contributed by atoms with Crippen molar-refractivity contribution in [1.29, 1.82) is 0 Å². The molecular weight excluding hydrogens is 322 g/mol. The quantitative estimate of drug-likeness (QED) is 0.717. The molecular formula is C20H24F2N2O. The Bertz CT molecular complexity index is 626. The number of carbonyl (C=O) groups is 1. The van der Waals surface area contributed by atoms with Gasteiger partial charge in [0.05, 0.1) is 6.04 Å². The molecule has 1 amide bonds. The number of likely N-dealkylation sites (N-methyl/N-ethyl adjacent to an activating group) is 1. The number of hydrogen-bond donors (Lipinski definition) is 2. The number of halogens is 2. The predicted octanol–water partition coefficient (Wildman–Crippen LogP) is 3.60. The number of rotatable bonds is 8. The second-order valence-electron chi connectivity index (χ2n) is 6.10. The minimum absolute atomic E-state index is 0.0276. The highest BCUT2D eigenvalue weighted by atomic mass is 19.1. The minimum Gasteiger partial charge on any atom is -0.355 e. The van der Waals surface area contributed by atoms with Gasteiger partial charge in [0, 0.05) is 12.5 Å². The molecule has 0 fully saturated rings. The van der Waals surface area contributed by atoms with Gasteiger partial charge in [0.15, 0.2) is 0 Å². The summed E-state index contributed by atoms with van der Waals surface area (Å²) in [6.45, 7) is 2.36. The zero-order chi connectivity index (χ0) is 18.2. The lowest BCUT2D eigenvalue weighted by molar-refractivity contribution is -0.122. The normalized spacial score (nSPS) is 12.2. The fourth-order valence-electron chi connectivity index (χ4n) is 2.72.